The van der Waals surface area contributed by atoms with Gasteiger partial charge in [-0.25, -0.2) is 19.3 Å². The average Bonchev–Trinajstić information content (AvgIpc) is 3.74. The zero-order chi connectivity index (χ0) is 24.5. The van der Waals surface area contributed by atoms with Crippen molar-refractivity contribution in [3.63, 3.8) is 0 Å². The topological polar surface area (TPSA) is 84.9 Å². The van der Waals surface area contributed by atoms with E-state index in [1.165, 1.54) is 13.2 Å². The van der Waals surface area contributed by atoms with Gasteiger partial charge in [0.1, 0.15) is 17.4 Å². The first-order valence-corrected chi connectivity index (χ1v) is 12.7. The van der Waals surface area contributed by atoms with E-state index < -0.39 is 5.82 Å². The van der Waals surface area contributed by atoms with Gasteiger partial charge in [0.2, 0.25) is 0 Å². The van der Waals surface area contributed by atoms with E-state index in [1.807, 2.05) is 12.3 Å². The highest BCUT2D eigenvalue weighted by molar-refractivity contribution is 5.89. The highest BCUT2D eigenvalue weighted by Crippen LogP contribution is 2.35. The monoisotopic (exact) mass is 494 g/mol. The molecule has 0 atom stereocenters. The second kappa shape index (κ2) is 9.93. The van der Waals surface area contributed by atoms with Gasteiger partial charge in [-0.15, -0.1) is 0 Å². The van der Waals surface area contributed by atoms with Crippen molar-refractivity contribution < 1.29 is 18.6 Å². The lowest BCUT2D eigenvalue weighted by Crippen LogP contribution is -2.39. The number of piperidine rings is 1. The molecule has 0 amide bonds. The lowest BCUT2D eigenvalue weighted by atomic mass is 10.1. The molecule has 1 aliphatic carbocycles. The number of hydrogen-bond donors (Lipinski definition) is 1. The summed E-state index contributed by atoms with van der Waals surface area (Å²) in [6, 6.07) is 7.08. The van der Waals surface area contributed by atoms with E-state index in [4.69, 9.17) is 24.2 Å². The molecule has 0 spiro atoms. The van der Waals surface area contributed by atoms with Crippen LogP contribution in [0, 0.1) is 5.82 Å². The summed E-state index contributed by atoms with van der Waals surface area (Å²) in [7, 11) is 1.52. The maximum atomic E-state index is 14.4. The van der Waals surface area contributed by atoms with Crippen LogP contribution in [0.15, 0.2) is 30.5 Å². The first-order chi connectivity index (χ1) is 17.7. The van der Waals surface area contributed by atoms with Crippen LogP contribution in [0.4, 0.5) is 21.8 Å². The number of benzene rings is 1. The first-order valence-electron chi connectivity index (χ1n) is 12.7. The molecule has 9 nitrogen and oxygen atoms in total. The summed E-state index contributed by atoms with van der Waals surface area (Å²) in [4.78, 5) is 19.3. The predicted octanol–water partition coefficient (Wildman–Crippen LogP) is 3.63. The maximum Gasteiger partial charge on any atom is 0.172 e. The van der Waals surface area contributed by atoms with Gasteiger partial charge >= 0.3 is 0 Å². The Morgan fingerprint density at radius 3 is 2.47 bits per heavy atom. The van der Waals surface area contributed by atoms with Crippen molar-refractivity contribution in [1.82, 2.24) is 15.0 Å². The van der Waals surface area contributed by atoms with Gasteiger partial charge in [0.05, 0.1) is 25.8 Å². The van der Waals surface area contributed by atoms with Crippen LogP contribution in [0.5, 0.6) is 11.5 Å². The van der Waals surface area contributed by atoms with Gasteiger partial charge in [-0.3, -0.25) is 0 Å². The van der Waals surface area contributed by atoms with Crippen LogP contribution in [-0.4, -0.2) is 73.6 Å². The van der Waals surface area contributed by atoms with E-state index in [0.29, 0.717) is 25.0 Å². The van der Waals surface area contributed by atoms with Crippen molar-refractivity contribution in [2.24, 2.45) is 0 Å². The number of ether oxygens (including phenoxy) is 3. The number of nitrogens with zero attached hydrogens (tertiary/aromatic N) is 5. The third-order valence-electron chi connectivity index (χ3n) is 6.95. The number of halogens is 1. The van der Waals surface area contributed by atoms with E-state index in [0.717, 1.165) is 80.3 Å². The molecule has 4 heterocycles. The Kier molecular flexibility index (Phi) is 6.35. The molecule has 190 valence electrons. The molecular weight excluding hydrogens is 463 g/mol. The molecule has 10 heteroatoms. The Morgan fingerprint density at radius 1 is 0.972 bits per heavy atom. The molecule has 0 radical (unpaired) electrons. The quantitative estimate of drug-likeness (QED) is 0.529. The molecule has 2 aromatic heterocycles. The predicted molar refractivity (Wildman–Crippen MR) is 136 cm³/mol. The molecule has 6 rings (SSSR count). The lowest BCUT2D eigenvalue weighted by molar-refractivity contribution is 0.122. The van der Waals surface area contributed by atoms with Gasteiger partial charge in [0.15, 0.2) is 29.0 Å². The van der Waals surface area contributed by atoms with E-state index in [9.17, 15) is 4.39 Å². The van der Waals surface area contributed by atoms with Gasteiger partial charge in [-0.1, -0.05) is 0 Å². The SMILES string of the molecule is COc1ccc(OC2CCN(c3nc4c(N5CCOCC5)nccc4nc3NC3CC3)CC2)c(F)c1. The number of methoxy groups -OCH3 is 1. The van der Waals surface area contributed by atoms with E-state index in [-0.39, 0.29) is 11.9 Å². The summed E-state index contributed by atoms with van der Waals surface area (Å²) in [5.41, 5.74) is 1.65. The lowest BCUT2D eigenvalue weighted by Gasteiger charge is -2.34. The Morgan fingerprint density at radius 2 is 1.75 bits per heavy atom. The number of nitrogens with one attached hydrogen (secondary N) is 1. The second-order valence-electron chi connectivity index (χ2n) is 9.52. The summed E-state index contributed by atoms with van der Waals surface area (Å²) in [5.74, 6) is 2.87. The van der Waals surface area contributed by atoms with Crippen LogP contribution in [0.3, 0.4) is 0 Å². The second-order valence-corrected chi connectivity index (χ2v) is 9.52. The van der Waals surface area contributed by atoms with Crippen LogP contribution in [0.2, 0.25) is 0 Å². The van der Waals surface area contributed by atoms with Crippen LogP contribution >= 0.6 is 0 Å². The van der Waals surface area contributed by atoms with E-state index >= 15 is 0 Å². The van der Waals surface area contributed by atoms with Crippen LogP contribution < -0.4 is 24.6 Å². The molecule has 3 fully saturated rings. The highest BCUT2D eigenvalue weighted by atomic mass is 19.1. The van der Waals surface area contributed by atoms with Crippen molar-refractivity contribution >= 4 is 28.5 Å². The minimum Gasteiger partial charge on any atom is -0.497 e. The Bertz CT molecular complexity index is 1230. The highest BCUT2D eigenvalue weighted by Gasteiger charge is 2.29. The molecule has 2 saturated heterocycles. The van der Waals surface area contributed by atoms with Crippen molar-refractivity contribution in [2.45, 2.75) is 37.8 Å². The minimum atomic E-state index is -0.406. The normalized spacial score (nSPS) is 18.9. The van der Waals surface area contributed by atoms with Crippen molar-refractivity contribution in [3.05, 3.63) is 36.3 Å². The number of aromatic nitrogens is 3. The standard InChI is InChI=1S/C26H31FN6O3/c1-34-19-4-5-22(20(27)16-19)36-18-7-10-32(11-8-18)26-24(29-17-2-3-17)30-21-6-9-28-25(23(21)31-26)33-12-14-35-15-13-33/h4-6,9,16-18H,2-3,7-8,10-15H2,1H3,(H,29,30). The van der Waals surface area contributed by atoms with Crippen molar-refractivity contribution in [3.8, 4) is 11.5 Å². The summed E-state index contributed by atoms with van der Waals surface area (Å²) in [5, 5.41) is 3.58. The number of rotatable bonds is 7. The van der Waals surface area contributed by atoms with Gasteiger partial charge < -0.3 is 29.3 Å². The summed E-state index contributed by atoms with van der Waals surface area (Å²) in [6.45, 7) is 4.43. The number of pyridine rings is 1. The molecule has 36 heavy (non-hydrogen) atoms. The third kappa shape index (κ3) is 4.82. The molecule has 0 bridgehead atoms. The Hall–Kier alpha value is -3.40. The van der Waals surface area contributed by atoms with Gasteiger partial charge in [-0.05, 0) is 31.0 Å². The molecule has 3 aromatic rings. The van der Waals surface area contributed by atoms with Gasteiger partial charge in [0.25, 0.3) is 0 Å². The van der Waals surface area contributed by atoms with Gasteiger partial charge in [-0.2, -0.15) is 0 Å². The summed E-state index contributed by atoms with van der Waals surface area (Å²) in [6.07, 6.45) is 5.57. The van der Waals surface area contributed by atoms with Crippen LogP contribution in [0.25, 0.3) is 11.0 Å². The molecular formula is C26H31FN6O3. The zero-order valence-corrected chi connectivity index (χ0v) is 20.5. The summed E-state index contributed by atoms with van der Waals surface area (Å²) >= 11 is 0. The fourth-order valence-corrected chi connectivity index (χ4v) is 4.77. The minimum absolute atomic E-state index is 0.0667. The fourth-order valence-electron chi connectivity index (χ4n) is 4.77. The van der Waals surface area contributed by atoms with Gasteiger partial charge in [0, 0.05) is 57.3 Å². The maximum absolute atomic E-state index is 14.4. The fraction of sp³-hybridized carbons (Fsp3) is 0.500. The number of fused-ring (bicyclic) bond motifs is 1. The smallest absolute Gasteiger partial charge is 0.172 e. The Labute approximate surface area is 209 Å². The number of anilines is 3. The number of morpholine rings is 1. The molecule has 2 aliphatic heterocycles. The van der Waals surface area contributed by atoms with Crippen LogP contribution in [-0.2, 0) is 4.74 Å². The zero-order valence-electron chi connectivity index (χ0n) is 20.5. The van der Waals surface area contributed by atoms with Crippen molar-refractivity contribution in [2.75, 3.05) is 61.6 Å². The van der Waals surface area contributed by atoms with E-state index in [2.05, 4.69) is 20.1 Å². The van der Waals surface area contributed by atoms with Crippen molar-refractivity contribution in [1.29, 1.82) is 0 Å². The van der Waals surface area contributed by atoms with Crippen LogP contribution in [0.1, 0.15) is 25.7 Å². The Balaban J connectivity index is 1.24. The molecule has 3 aliphatic rings. The largest absolute Gasteiger partial charge is 0.497 e. The molecule has 1 saturated carbocycles. The summed E-state index contributed by atoms with van der Waals surface area (Å²) < 4.78 is 31.0. The van der Waals surface area contributed by atoms with E-state index in [1.54, 1.807) is 12.1 Å². The average molecular weight is 495 g/mol. The molecule has 1 N–H and O–H groups in total. The molecule has 0 unspecified atom stereocenters. The third-order valence-corrected chi connectivity index (χ3v) is 6.95. The number of hydrogen-bond acceptors (Lipinski definition) is 9. The molecule has 1 aromatic carbocycles. The first kappa shape index (κ1) is 23.0.